The third-order valence-electron chi connectivity index (χ3n) is 4.03. The van der Waals surface area contributed by atoms with Gasteiger partial charge in [-0.2, -0.15) is 0 Å². The van der Waals surface area contributed by atoms with Crippen molar-refractivity contribution in [3.63, 3.8) is 0 Å². The van der Waals surface area contributed by atoms with Crippen LogP contribution in [-0.4, -0.2) is 10.0 Å². The van der Waals surface area contributed by atoms with Gasteiger partial charge in [-0.3, -0.25) is 10.1 Å². The second-order valence-corrected chi connectivity index (χ2v) is 6.18. The summed E-state index contributed by atoms with van der Waals surface area (Å²) in [6, 6.07) is 12.8. The van der Waals surface area contributed by atoms with Gasteiger partial charge in [0.25, 0.3) is 5.69 Å². The number of anilines is 2. The van der Waals surface area contributed by atoms with Gasteiger partial charge in [0.2, 0.25) is 0 Å². The van der Waals surface area contributed by atoms with Gasteiger partial charge >= 0.3 is 0 Å². The largest absolute Gasteiger partial charge is 0.332 e. The first-order valence-electron chi connectivity index (χ1n) is 7.83. The number of benzene rings is 2. The highest BCUT2D eigenvalue weighted by Crippen LogP contribution is 2.23. The van der Waals surface area contributed by atoms with E-state index in [-0.39, 0.29) is 5.69 Å². The van der Waals surface area contributed by atoms with Crippen molar-refractivity contribution in [3.05, 3.63) is 63.7 Å². The number of non-ortho nitro benzene ring substituents is 1. The van der Waals surface area contributed by atoms with Gasteiger partial charge in [0.15, 0.2) is 5.11 Å². The number of nitrogens with zero attached hydrogens (tertiary/aromatic N) is 1. The first-order valence-corrected chi connectivity index (χ1v) is 8.24. The van der Waals surface area contributed by atoms with Gasteiger partial charge in [-0.1, -0.05) is 32.0 Å². The smallest absolute Gasteiger partial charge is 0.271 e. The van der Waals surface area contributed by atoms with Crippen LogP contribution >= 0.6 is 12.2 Å². The predicted molar refractivity (Wildman–Crippen MR) is 103 cm³/mol. The lowest BCUT2D eigenvalue weighted by Crippen LogP contribution is -2.19. The molecule has 0 bridgehead atoms. The Morgan fingerprint density at radius 3 is 2.46 bits per heavy atom. The molecule has 126 valence electrons. The summed E-state index contributed by atoms with van der Waals surface area (Å²) in [6.45, 7) is 6.23. The second-order valence-electron chi connectivity index (χ2n) is 5.77. The zero-order valence-corrected chi connectivity index (χ0v) is 14.8. The average molecular weight is 343 g/mol. The lowest BCUT2D eigenvalue weighted by molar-refractivity contribution is -0.384. The minimum Gasteiger partial charge on any atom is -0.332 e. The molecule has 0 spiro atoms. The number of rotatable bonds is 5. The second kappa shape index (κ2) is 7.88. The van der Waals surface area contributed by atoms with Gasteiger partial charge in [-0.05, 0) is 54.7 Å². The highest BCUT2D eigenvalue weighted by Gasteiger charge is 2.10. The van der Waals surface area contributed by atoms with E-state index < -0.39 is 4.92 Å². The van der Waals surface area contributed by atoms with Gasteiger partial charge in [0, 0.05) is 23.5 Å². The minimum atomic E-state index is -0.422. The molecule has 6 heteroatoms. The Balaban J connectivity index is 2.05. The van der Waals surface area contributed by atoms with Crippen LogP contribution in [0.15, 0.2) is 42.5 Å². The van der Waals surface area contributed by atoms with E-state index in [0.717, 1.165) is 17.7 Å². The molecule has 24 heavy (non-hydrogen) atoms. The maximum atomic E-state index is 10.9. The van der Waals surface area contributed by atoms with Gasteiger partial charge in [-0.25, -0.2) is 0 Å². The summed E-state index contributed by atoms with van der Waals surface area (Å²) in [5.41, 5.74) is 3.71. The summed E-state index contributed by atoms with van der Waals surface area (Å²) in [7, 11) is 0. The highest BCUT2D eigenvalue weighted by molar-refractivity contribution is 7.80. The van der Waals surface area contributed by atoms with E-state index in [0.29, 0.717) is 16.7 Å². The van der Waals surface area contributed by atoms with E-state index in [9.17, 15) is 10.1 Å². The third-order valence-corrected chi connectivity index (χ3v) is 4.23. The third kappa shape index (κ3) is 4.52. The monoisotopic (exact) mass is 343 g/mol. The van der Waals surface area contributed by atoms with Crippen molar-refractivity contribution in [1.82, 2.24) is 0 Å². The summed E-state index contributed by atoms with van der Waals surface area (Å²) < 4.78 is 0. The van der Waals surface area contributed by atoms with E-state index in [1.54, 1.807) is 6.07 Å². The SMILES string of the molecule is CCC(C)c1ccc(NC(=S)Nc2cc([N+](=O)[O-])ccc2C)cc1. The zero-order valence-electron chi connectivity index (χ0n) is 14.0. The van der Waals surface area contributed by atoms with Crippen LogP contribution in [0.4, 0.5) is 17.1 Å². The molecule has 1 unspecified atom stereocenters. The van der Waals surface area contributed by atoms with Crippen LogP contribution in [0.1, 0.15) is 37.3 Å². The molecule has 0 aliphatic heterocycles. The first kappa shape index (κ1) is 17.9. The van der Waals surface area contributed by atoms with Crippen LogP contribution in [0, 0.1) is 17.0 Å². The Morgan fingerprint density at radius 2 is 1.88 bits per heavy atom. The number of nitro groups is 1. The van der Waals surface area contributed by atoms with Crippen LogP contribution in [0.2, 0.25) is 0 Å². The maximum absolute atomic E-state index is 10.9. The molecule has 2 aromatic carbocycles. The zero-order chi connectivity index (χ0) is 17.7. The van der Waals surface area contributed by atoms with Crippen LogP contribution in [0.25, 0.3) is 0 Å². The van der Waals surface area contributed by atoms with Crippen molar-refractivity contribution in [2.75, 3.05) is 10.6 Å². The molecular formula is C18H21N3O2S. The lowest BCUT2D eigenvalue weighted by Gasteiger charge is -2.14. The van der Waals surface area contributed by atoms with Gasteiger partial charge in [0.1, 0.15) is 0 Å². The summed E-state index contributed by atoms with van der Waals surface area (Å²) in [5.74, 6) is 0.525. The quantitative estimate of drug-likeness (QED) is 0.442. The molecule has 0 heterocycles. The van der Waals surface area contributed by atoms with Crippen molar-refractivity contribution in [1.29, 1.82) is 0 Å². The van der Waals surface area contributed by atoms with E-state index in [1.807, 2.05) is 19.1 Å². The molecule has 0 amide bonds. The molecule has 2 rings (SSSR count). The van der Waals surface area contributed by atoms with Gasteiger partial charge in [0.05, 0.1) is 4.92 Å². The number of nitro benzene ring substituents is 1. The van der Waals surface area contributed by atoms with Crippen LogP contribution < -0.4 is 10.6 Å². The molecule has 1 atom stereocenters. The van der Waals surface area contributed by atoms with Crippen LogP contribution in [-0.2, 0) is 0 Å². The number of hydrogen-bond acceptors (Lipinski definition) is 3. The van der Waals surface area contributed by atoms with Crippen LogP contribution in [0.5, 0.6) is 0 Å². The van der Waals surface area contributed by atoms with Crippen molar-refractivity contribution >= 4 is 34.4 Å². The van der Waals surface area contributed by atoms with Crippen molar-refractivity contribution in [2.24, 2.45) is 0 Å². The van der Waals surface area contributed by atoms with E-state index in [1.165, 1.54) is 17.7 Å². The summed E-state index contributed by atoms with van der Waals surface area (Å²) in [5, 5.41) is 17.4. The fourth-order valence-corrected chi connectivity index (χ4v) is 2.50. The molecule has 0 aliphatic rings. The first-order chi connectivity index (χ1) is 11.4. The normalized spacial score (nSPS) is 11.6. The topological polar surface area (TPSA) is 67.2 Å². The Bertz CT molecular complexity index is 744. The Hall–Kier alpha value is -2.47. The molecule has 5 nitrogen and oxygen atoms in total. The van der Waals surface area contributed by atoms with Crippen molar-refractivity contribution in [3.8, 4) is 0 Å². The number of hydrogen-bond donors (Lipinski definition) is 2. The fraction of sp³-hybridized carbons (Fsp3) is 0.278. The highest BCUT2D eigenvalue weighted by atomic mass is 32.1. The van der Waals surface area contributed by atoms with Gasteiger partial charge in [-0.15, -0.1) is 0 Å². The molecule has 0 aliphatic carbocycles. The molecule has 0 saturated carbocycles. The Morgan fingerprint density at radius 1 is 1.21 bits per heavy atom. The van der Waals surface area contributed by atoms with Gasteiger partial charge < -0.3 is 10.6 Å². The van der Waals surface area contributed by atoms with E-state index >= 15 is 0 Å². The molecule has 0 aromatic heterocycles. The molecule has 0 radical (unpaired) electrons. The summed E-state index contributed by atoms with van der Waals surface area (Å²) in [6.07, 6.45) is 1.10. The maximum Gasteiger partial charge on any atom is 0.271 e. The minimum absolute atomic E-state index is 0.0313. The molecule has 0 fully saturated rings. The number of thiocarbonyl (C=S) groups is 1. The molecule has 2 N–H and O–H groups in total. The van der Waals surface area contributed by atoms with E-state index in [2.05, 4.69) is 36.6 Å². The van der Waals surface area contributed by atoms with Crippen molar-refractivity contribution < 1.29 is 4.92 Å². The Labute approximate surface area is 147 Å². The Kier molecular flexibility index (Phi) is 5.87. The summed E-state index contributed by atoms with van der Waals surface area (Å²) >= 11 is 5.30. The van der Waals surface area contributed by atoms with Crippen molar-refractivity contribution in [2.45, 2.75) is 33.1 Å². The lowest BCUT2D eigenvalue weighted by atomic mass is 9.99. The number of nitrogens with one attached hydrogen (secondary N) is 2. The predicted octanol–water partition coefficient (Wildman–Crippen LogP) is 5.23. The molecular weight excluding hydrogens is 322 g/mol. The van der Waals surface area contributed by atoms with Crippen LogP contribution in [0.3, 0.4) is 0 Å². The average Bonchev–Trinajstić information content (AvgIpc) is 2.56. The molecule has 0 saturated heterocycles. The standard InChI is InChI=1S/C18H21N3O2S/c1-4-12(2)14-6-8-15(9-7-14)19-18(24)20-17-11-16(21(22)23)10-5-13(17)3/h5-12H,4H2,1-3H3,(H2,19,20,24). The summed E-state index contributed by atoms with van der Waals surface area (Å²) in [4.78, 5) is 10.5. The fourth-order valence-electron chi connectivity index (χ4n) is 2.27. The van der Waals surface area contributed by atoms with E-state index in [4.69, 9.17) is 12.2 Å². The number of aryl methyl sites for hydroxylation is 1. The molecule has 2 aromatic rings.